The Kier molecular flexibility index (Phi) is 8.99. The molecule has 40 heavy (non-hydrogen) atoms. The molecule has 0 saturated carbocycles. The van der Waals surface area contributed by atoms with Crippen molar-refractivity contribution in [2.24, 2.45) is 0 Å². The topological polar surface area (TPSA) is 120 Å². The number of anilines is 1. The normalized spacial score (nSPS) is 17.4. The summed E-state index contributed by atoms with van der Waals surface area (Å²) in [6, 6.07) is 6.79. The Bertz CT molecular complexity index is 1410. The van der Waals surface area contributed by atoms with E-state index < -0.39 is 40.0 Å². The molecule has 0 aliphatic carbocycles. The van der Waals surface area contributed by atoms with E-state index in [4.69, 9.17) is 4.74 Å². The van der Waals surface area contributed by atoms with Gasteiger partial charge in [-0.3, -0.25) is 13.9 Å². The van der Waals surface area contributed by atoms with Crippen LogP contribution in [0.5, 0.6) is 5.75 Å². The SMILES string of the molecule is O=C(C#Cc1cc(F)cc(F)c1)Nc1cc(-c2ncc(C(F)(F)F)[nH]2)ccc1OCCCC1CNCCS1(O)O. The number of benzene rings is 2. The van der Waals surface area contributed by atoms with Crippen LogP contribution in [0.25, 0.3) is 11.4 Å². The lowest BCUT2D eigenvalue weighted by Crippen LogP contribution is -2.41. The molecule has 1 unspecified atom stereocenters. The quantitative estimate of drug-likeness (QED) is 0.147. The van der Waals surface area contributed by atoms with Gasteiger partial charge in [-0.25, -0.2) is 13.8 Å². The molecule has 8 nitrogen and oxygen atoms in total. The Morgan fingerprint density at radius 1 is 1.18 bits per heavy atom. The zero-order valence-corrected chi connectivity index (χ0v) is 21.6. The van der Waals surface area contributed by atoms with E-state index in [-0.39, 0.29) is 46.0 Å². The van der Waals surface area contributed by atoms with E-state index in [1.54, 1.807) is 0 Å². The van der Waals surface area contributed by atoms with Gasteiger partial charge in [-0.1, -0.05) is 5.92 Å². The molecule has 214 valence electrons. The van der Waals surface area contributed by atoms with Crippen LogP contribution < -0.4 is 15.4 Å². The van der Waals surface area contributed by atoms with Crippen LogP contribution in [0, 0.1) is 23.5 Å². The molecule has 0 spiro atoms. The number of imidazole rings is 1. The van der Waals surface area contributed by atoms with Crippen molar-refractivity contribution in [1.29, 1.82) is 0 Å². The van der Waals surface area contributed by atoms with Crippen LogP contribution in [-0.4, -0.2) is 55.7 Å². The molecule has 3 aromatic rings. The zero-order chi connectivity index (χ0) is 28.9. The van der Waals surface area contributed by atoms with Crippen molar-refractivity contribution in [3.63, 3.8) is 0 Å². The molecule has 0 bridgehead atoms. The number of rotatable bonds is 7. The van der Waals surface area contributed by atoms with Gasteiger partial charge in [0.2, 0.25) is 0 Å². The lowest BCUT2D eigenvalue weighted by atomic mass is 10.1. The summed E-state index contributed by atoms with van der Waals surface area (Å²) < 4.78 is 92.1. The van der Waals surface area contributed by atoms with Crippen LogP contribution in [0.2, 0.25) is 0 Å². The number of nitrogens with one attached hydrogen (secondary N) is 3. The number of alkyl halides is 3. The average Bonchev–Trinajstić information content (AvgIpc) is 3.37. The number of ether oxygens (including phenoxy) is 1. The van der Waals surface area contributed by atoms with Crippen molar-refractivity contribution in [1.82, 2.24) is 15.3 Å². The maximum Gasteiger partial charge on any atom is 0.432 e. The van der Waals surface area contributed by atoms with E-state index in [1.807, 2.05) is 0 Å². The Morgan fingerprint density at radius 2 is 1.93 bits per heavy atom. The highest BCUT2D eigenvalue weighted by Gasteiger charge is 2.33. The van der Waals surface area contributed by atoms with Gasteiger partial charge in [0.25, 0.3) is 0 Å². The van der Waals surface area contributed by atoms with Crippen LogP contribution in [0.3, 0.4) is 0 Å². The molecule has 1 fully saturated rings. The second-order valence-electron chi connectivity index (χ2n) is 8.95. The van der Waals surface area contributed by atoms with E-state index in [1.165, 1.54) is 18.2 Å². The lowest BCUT2D eigenvalue weighted by molar-refractivity contribution is -0.140. The Hall–Kier alpha value is -3.64. The highest BCUT2D eigenvalue weighted by Crippen LogP contribution is 2.47. The van der Waals surface area contributed by atoms with Crippen LogP contribution >= 0.6 is 10.6 Å². The number of carbonyl (C=O) groups is 1. The van der Waals surface area contributed by atoms with Crippen molar-refractivity contribution in [2.45, 2.75) is 24.3 Å². The molecule has 1 aromatic heterocycles. The van der Waals surface area contributed by atoms with Crippen molar-refractivity contribution < 1.29 is 40.6 Å². The number of carbonyl (C=O) groups excluding carboxylic acids is 1. The molecule has 1 amide bonds. The number of hydrogen-bond acceptors (Lipinski definition) is 6. The standard InChI is InChI=1S/C26H25F5N4O4S/c27-18-10-16(11-19(28)13-18)3-6-24(36)34-21-12-17(25-33-15-23(35-25)26(29,30)31)4-5-22(21)39-8-1-2-20-14-32-7-9-40(20,37)38/h4-5,10-13,15,20,32,37-38H,1-2,7-9,14H2,(H,33,35)(H,34,36). The van der Waals surface area contributed by atoms with E-state index in [0.29, 0.717) is 38.2 Å². The van der Waals surface area contributed by atoms with Crippen LogP contribution in [0.15, 0.2) is 42.6 Å². The van der Waals surface area contributed by atoms with Gasteiger partial charge in [-0.15, -0.1) is 0 Å². The first-order chi connectivity index (χ1) is 18.9. The van der Waals surface area contributed by atoms with Crippen molar-refractivity contribution in [2.75, 3.05) is 30.8 Å². The first-order valence-corrected chi connectivity index (χ1v) is 13.8. The van der Waals surface area contributed by atoms with Gasteiger partial charge >= 0.3 is 12.1 Å². The maximum atomic E-state index is 13.4. The van der Waals surface area contributed by atoms with Gasteiger partial charge in [-0.2, -0.15) is 23.8 Å². The molecule has 4 rings (SSSR count). The molecule has 5 N–H and O–H groups in total. The largest absolute Gasteiger partial charge is 0.491 e. The Labute approximate surface area is 227 Å². The zero-order valence-electron chi connectivity index (χ0n) is 20.8. The number of halogens is 5. The summed E-state index contributed by atoms with van der Waals surface area (Å²) in [6.45, 7) is 1.14. The predicted molar refractivity (Wildman–Crippen MR) is 140 cm³/mol. The first kappa shape index (κ1) is 29.3. The number of nitrogens with zero attached hydrogens (tertiary/aromatic N) is 1. The molecule has 0 radical (unpaired) electrons. The second kappa shape index (κ2) is 12.3. The van der Waals surface area contributed by atoms with E-state index in [9.17, 15) is 35.9 Å². The Morgan fingerprint density at radius 3 is 2.60 bits per heavy atom. The minimum absolute atomic E-state index is 0.0656. The smallest absolute Gasteiger partial charge is 0.432 e. The summed E-state index contributed by atoms with van der Waals surface area (Å²) in [5.41, 5.74) is -0.850. The molecule has 2 heterocycles. The fourth-order valence-electron chi connectivity index (χ4n) is 3.99. The minimum Gasteiger partial charge on any atom is -0.491 e. The third-order valence-corrected chi connectivity index (χ3v) is 8.25. The van der Waals surface area contributed by atoms with Gasteiger partial charge in [0, 0.05) is 36.2 Å². The third-order valence-electron chi connectivity index (χ3n) is 5.98. The number of H-pyrrole nitrogens is 1. The third kappa shape index (κ3) is 7.72. The summed E-state index contributed by atoms with van der Waals surface area (Å²) >= 11 is 0. The van der Waals surface area contributed by atoms with Crippen LogP contribution in [-0.2, 0) is 11.0 Å². The van der Waals surface area contributed by atoms with Crippen molar-refractivity contribution >= 4 is 22.2 Å². The van der Waals surface area contributed by atoms with Gasteiger partial charge in [0.1, 0.15) is 28.9 Å². The monoisotopic (exact) mass is 584 g/mol. The molecule has 1 saturated heterocycles. The summed E-state index contributed by atoms with van der Waals surface area (Å²) in [7, 11) is -2.70. The number of amides is 1. The molecule has 1 atom stereocenters. The van der Waals surface area contributed by atoms with E-state index >= 15 is 0 Å². The Balaban J connectivity index is 1.51. The summed E-state index contributed by atoms with van der Waals surface area (Å²) in [5.74, 6) is 2.31. The van der Waals surface area contributed by atoms with Gasteiger partial charge in [-0.05, 0) is 43.2 Å². The molecular weight excluding hydrogens is 559 g/mol. The van der Waals surface area contributed by atoms with Gasteiger partial charge in [0.05, 0.1) is 29.5 Å². The summed E-state index contributed by atoms with van der Waals surface area (Å²) in [5, 5.41) is 5.28. The molecule has 14 heteroatoms. The maximum absolute atomic E-state index is 13.4. The highest BCUT2D eigenvalue weighted by molar-refractivity contribution is 8.24. The fourth-order valence-corrected chi connectivity index (χ4v) is 5.70. The van der Waals surface area contributed by atoms with Crippen LogP contribution in [0.4, 0.5) is 27.6 Å². The summed E-state index contributed by atoms with van der Waals surface area (Å²) in [6.07, 6.45) is -3.06. The van der Waals surface area contributed by atoms with Crippen molar-refractivity contribution in [3.8, 4) is 29.0 Å². The number of hydrogen-bond donors (Lipinski definition) is 5. The molecule has 2 aromatic carbocycles. The van der Waals surface area contributed by atoms with E-state index in [0.717, 1.165) is 12.1 Å². The molecule has 1 aliphatic heterocycles. The second-order valence-corrected chi connectivity index (χ2v) is 11.5. The summed E-state index contributed by atoms with van der Waals surface area (Å²) in [4.78, 5) is 18.5. The average molecular weight is 585 g/mol. The van der Waals surface area contributed by atoms with Crippen molar-refractivity contribution in [3.05, 3.63) is 65.5 Å². The fraction of sp³-hybridized carbons (Fsp3) is 0.308. The predicted octanol–water partition coefficient (Wildman–Crippen LogP) is 5.25. The van der Waals surface area contributed by atoms with Gasteiger partial charge < -0.3 is 20.4 Å². The highest BCUT2D eigenvalue weighted by atomic mass is 32.3. The minimum atomic E-state index is -4.63. The lowest BCUT2D eigenvalue weighted by Gasteiger charge is -2.44. The number of aromatic nitrogens is 2. The van der Waals surface area contributed by atoms with E-state index in [2.05, 4.69) is 32.4 Å². The molecular formula is C26H25F5N4O4S. The first-order valence-electron chi connectivity index (χ1n) is 12.0. The molecule has 1 aliphatic rings. The van der Waals surface area contributed by atoms with Crippen LogP contribution in [0.1, 0.15) is 24.1 Å². The number of aromatic amines is 1. The van der Waals surface area contributed by atoms with Gasteiger partial charge in [0.15, 0.2) is 0 Å².